The Balaban J connectivity index is 1.38. The SMILES string of the molecule is COCOc1ccc(C(=O)OC)c(OCOC)c1NC(=O)CC[C@]1(C)C(=O)C=CC23CC4CC(CC(C4)C21)C3. The number of esters is 1. The second kappa shape index (κ2) is 10.9. The monoisotopic (exact) mass is 541 g/mol. The molecule has 5 aliphatic rings. The topological polar surface area (TPSA) is 109 Å². The van der Waals surface area contributed by atoms with Gasteiger partial charge in [0.15, 0.2) is 25.1 Å². The highest BCUT2D eigenvalue weighted by atomic mass is 16.7. The second-order valence-corrected chi connectivity index (χ2v) is 11.9. The molecule has 4 atom stereocenters. The number of amides is 1. The van der Waals surface area contributed by atoms with Crippen molar-refractivity contribution in [1.29, 1.82) is 0 Å². The fraction of sp³-hybridized carbons (Fsp3) is 0.633. The van der Waals surface area contributed by atoms with E-state index in [1.54, 1.807) is 12.1 Å². The van der Waals surface area contributed by atoms with Crippen LogP contribution in [0, 0.1) is 34.5 Å². The molecule has 3 unspecified atom stereocenters. The van der Waals surface area contributed by atoms with Crippen LogP contribution >= 0.6 is 0 Å². The van der Waals surface area contributed by atoms with E-state index >= 15 is 0 Å². The molecule has 4 saturated carbocycles. The first-order chi connectivity index (χ1) is 18.7. The normalized spacial score (nSPS) is 32.1. The van der Waals surface area contributed by atoms with E-state index < -0.39 is 11.4 Å². The van der Waals surface area contributed by atoms with Crippen LogP contribution in [0.4, 0.5) is 5.69 Å². The Morgan fingerprint density at radius 2 is 1.69 bits per heavy atom. The van der Waals surface area contributed by atoms with Gasteiger partial charge in [-0.25, -0.2) is 4.79 Å². The Labute approximate surface area is 229 Å². The predicted octanol–water partition coefficient (Wildman–Crippen LogP) is 4.75. The smallest absolute Gasteiger partial charge is 0.341 e. The van der Waals surface area contributed by atoms with Gasteiger partial charge in [0, 0.05) is 26.1 Å². The van der Waals surface area contributed by atoms with Gasteiger partial charge >= 0.3 is 5.97 Å². The van der Waals surface area contributed by atoms with Gasteiger partial charge < -0.3 is 29.0 Å². The van der Waals surface area contributed by atoms with Crippen LogP contribution in [-0.2, 0) is 23.8 Å². The van der Waals surface area contributed by atoms with Gasteiger partial charge in [-0.2, -0.15) is 0 Å². The van der Waals surface area contributed by atoms with Crippen molar-refractivity contribution >= 4 is 23.3 Å². The highest BCUT2D eigenvalue weighted by Gasteiger charge is 2.63. The zero-order valence-electron chi connectivity index (χ0n) is 23.2. The average Bonchev–Trinajstić information content (AvgIpc) is 2.91. The minimum Gasteiger partial charge on any atom is -0.465 e. The van der Waals surface area contributed by atoms with Crippen molar-refractivity contribution in [3.63, 3.8) is 0 Å². The van der Waals surface area contributed by atoms with Crippen LogP contribution in [0.2, 0.25) is 0 Å². The van der Waals surface area contributed by atoms with Gasteiger partial charge in [0.2, 0.25) is 5.91 Å². The minimum atomic E-state index is -0.630. The summed E-state index contributed by atoms with van der Waals surface area (Å²) in [6.45, 7) is 1.84. The number of rotatable bonds is 11. The first-order valence-electron chi connectivity index (χ1n) is 13.8. The molecule has 39 heavy (non-hydrogen) atoms. The molecule has 4 bridgehead atoms. The molecule has 0 aliphatic heterocycles. The molecule has 1 aromatic carbocycles. The molecule has 4 fully saturated rings. The number of nitrogens with one attached hydrogen (secondary N) is 1. The van der Waals surface area contributed by atoms with Gasteiger partial charge in [-0.1, -0.05) is 13.0 Å². The number of hydrogen-bond donors (Lipinski definition) is 1. The summed E-state index contributed by atoms with van der Waals surface area (Å²) >= 11 is 0. The Hall–Kier alpha value is -2.91. The largest absolute Gasteiger partial charge is 0.465 e. The van der Waals surface area contributed by atoms with Gasteiger partial charge in [0.1, 0.15) is 17.0 Å². The van der Waals surface area contributed by atoms with Crippen molar-refractivity contribution in [2.75, 3.05) is 40.2 Å². The van der Waals surface area contributed by atoms with Crippen molar-refractivity contribution in [2.45, 2.75) is 51.9 Å². The summed E-state index contributed by atoms with van der Waals surface area (Å²) in [5, 5.41) is 2.89. The number of hydrogen-bond acceptors (Lipinski definition) is 8. The maximum Gasteiger partial charge on any atom is 0.341 e. The maximum absolute atomic E-state index is 13.4. The molecule has 1 N–H and O–H groups in total. The molecule has 9 nitrogen and oxygen atoms in total. The van der Waals surface area contributed by atoms with E-state index in [0.717, 1.165) is 24.7 Å². The van der Waals surface area contributed by atoms with Crippen LogP contribution in [-0.4, -0.2) is 52.6 Å². The fourth-order valence-electron chi connectivity index (χ4n) is 8.40. The van der Waals surface area contributed by atoms with Gasteiger partial charge in [0.25, 0.3) is 0 Å². The van der Waals surface area contributed by atoms with Crippen LogP contribution in [0.1, 0.15) is 62.2 Å². The van der Waals surface area contributed by atoms with Crippen molar-refractivity contribution in [2.24, 2.45) is 34.5 Å². The average molecular weight is 542 g/mol. The quantitative estimate of drug-likeness (QED) is 0.316. The first kappa shape index (κ1) is 27.6. The summed E-state index contributed by atoms with van der Waals surface area (Å²) in [6, 6.07) is 3.05. The lowest BCUT2D eigenvalue weighted by molar-refractivity contribution is -0.160. The van der Waals surface area contributed by atoms with Crippen LogP contribution < -0.4 is 14.8 Å². The number of ether oxygens (including phenoxy) is 5. The Morgan fingerprint density at radius 1 is 1.00 bits per heavy atom. The molecule has 9 heteroatoms. The lowest BCUT2D eigenvalue weighted by Crippen LogP contribution is -2.60. The fourth-order valence-corrected chi connectivity index (χ4v) is 8.40. The van der Waals surface area contributed by atoms with E-state index in [1.165, 1.54) is 46.7 Å². The molecule has 6 rings (SSSR count). The second-order valence-electron chi connectivity index (χ2n) is 11.9. The van der Waals surface area contributed by atoms with Gasteiger partial charge in [0.05, 0.1) is 7.11 Å². The first-order valence-corrected chi connectivity index (χ1v) is 13.8. The van der Waals surface area contributed by atoms with Crippen LogP contribution in [0.3, 0.4) is 0 Å². The van der Waals surface area contributed by atoms with E-state index in [2.05, 4.69) is 18.3 Å². The third-order valence-electron chi connectivity index (χ3n) is 9.50. The third kappa shape index (κ3) is 4.95. The Bertz CT molecular complexity index is 1150. The zero-order valence-corrected chi connectivity index (χ0v) is 23.2. The number of anilines is 1. The molecule has 0 aromatic heterocycles. The van der Waals surface area contributed by atoms with Gasteiger partial charge in [-0.3, -0.25) is 9.59 Å². The van der Waals surface area contributed by atoms with Crippen molar-refractivity contribution < 1.29 is 38.1 Å². The van der Waals surface area contributed by atoms with Crippen molar-refractivity contribution in [3.05, 3.63) is 29.8 Å². The predicted molar refractivity (Wildman–Crippen MR) is 142 cm³/mol. The summed E-state index contributed by atoms with van der Waals surface area (Å²) < 4.78 is 26.4. The summed E-state index contributed by atoms with van der Waals surface area (Å²) in [5.74, 6) is 1.88. The van der Waals surface area contributed by atoms with Crippen molar-refractivity contribution in [3.8, 4) is 11.5 Å². The minimum absolute atomic E-state index is 0.0732. The van der Waals surface area contributed by atoms with Gasteiger partial charge in [-0.15, -0.1) is 0 Å². The van der Waals surface area contributed by atoms with E-state index in [-0.39, 0.29) is 65.8 Å². The maximum atomic E-state index is 13.4. The molecular weight excluding hydrogens is 502 g/mol. The molecule has 5 aliphatic carbocycles. The highest BCUT2D eigenvalue weighted by Crippen LogP contribution is 2.69. The molecule has 0 saturated heterocycles. The standard InChI is InChI=1S/C30H39NO8/c1-29(23(32)7-10-30-14-18-11-19(15-30)13-20(12-18)27(29)30)9-8-24(33)31-25-22(38-16-35-2)6-5-21(28(34)37-4)26(25)39-17-36-3/h5-7,10,18-20,27H,8-9,11-17H2,1-4H3,(H,31,33)/t18?,19?,20?,27?,29-,30?/m1/s1. The Morgan fingerprint density at radius 3 is 2.36 bits per heavy atom. The number of ketones is 1. The summed E-state index contributed by atoms with van der Waals surface area (Å²) in [6.07, 6.45) is 10.7. The lowest BCUT2D eigenvalue weighted by atomic mass is 9.38. The molecule has 0 heterocycles. The van der Waals surface area contributed by atoms with Crippen LogP contribution in [0.15, 0.2) is 24.3 Å². The number of carbonyl (C=O) groups excluding carboxylic acids is 3. The number of carbonyl (C=O) groups is 3. The molecular formula is C30H39NO8. The van der Waals surface area contributed by atoms with Crippen LogP contribution in [0.25, 0.3) is 0 Å². The summed E-state index contributed by atoms with van der Waals surface area (Å²) in [4.78, 5) is 39.3. The van der Waals surface area contributed by atoms with E-state index in [4.69, 9.17) is 23.7 Å². The van der Waals surface area contributed by atoms with Gasteiger partial charge in [-0.05, 0) is 85.8 Å². The Kier molecular flexibility index (Phi) is 7.75. The number of methoxy groups -OCH3 is 3. The number of benzene rings is 1. The zero-order chi connectivity index (χ0) is 27.8. The van der Waals surface area contributed by atoms with E-state index in [0.29, 0.717) is 12.3 Å². The number of allylic oxidation sites excluding steroid dienone is 2. The summed E-state index contributed by atoms with van der Waals surface area (Å²) in [5.41, 5.74) is -0.207. The van der Waals surface area contributed by atoms with E-state index in [9.17, 15) is 14.4 Å². The third-order valence-corrected chi connectivity index (χ3v) is 9.50. The van der Waals surface area contributed by atoms with Crippen LogP contribution in [0.5, 0.6) is 11.5 Å². The molecule has 212 valence electrons. The molecule has 1 aromatic rings. The van der Waals surface area contributed by atoms with Crippen molar-refractivity contribution in [1.82, 2.24) is 0 Å². The molecule has 1 amide bonds. The van der Waals surface area contributed by atoms with E-state index in [1.807, 2.05) is 0 Å². The highest BCUT2D eigenvalue weighted by molar-refractivity contribution is 6.01. The molecule has 0 radical (unpaired) electrons. The molecule has 1 spiro atoms. The summed E-state index contributed by atoms with van der Waals surface area (Å²) in [7, 11) is 4.20. The lowest BCUT2D eigenvalue weighted by Gasteiger charge is -2.65.